The maximum Gasteiger partial charge on any atom is 0.417 e. The first kappa shape index (κ1) is 22.2. The lowest BCUT2D eigenvalue weighted by molar-refractivity contribution is -0.137. The number of alkyl halides is 6. The van der Waals surface area contributed by atoms with Crippen LogP contribution in [-0.2, 0) is 16.2 Å². The molecule has 3 heterocycles. The lowest BCUT2D eigenvalue weighted by Crippen LogP contribution is -2.41. The number of halogens is 6. The smallest absolute Gasteiger partial charge is 0.417 e. The Balaban J connectivity index is 1.82. The monoisotopic (exact) mass is 482 g/mol. The average Bonchev–Trinajstić information content (AvgIpc) is 3.30. The highest BCUT2D eigenvalue weighted by molar-refractivity contribution is 7.89. The summed E-state index contributed by atoms with van der Waals surface area (Å²) in [6.45, 7) is -0.444. The largest absolute Gasteiger partial charge is 0.493 e. The molecule has 0 spiro atoms. The summed E-state index contributed by atoms with van der Waals surface area (Å²) in [6, 6.07) is 1.49. The molecule has 2 aliphatic rings. The van der Waals surface area contributed by atoms with E-state index in [1.54, 1.807) is 0 Å². The minimum Gasteiger partial charge on any atom is -0.493 e. The summed E-state index contributed by atoms with van der Waals surface area (Å²) >= 11 is 0. The zero-order valence-corrected chi connectivity index (χ0v) is 16.5. The Morgan fingerprint density at radius 2 is 1.84 bits per heavy atom. The second-order valence-corrected chi connectivity index (χ2v) is 9.30. The SMILES string of the molecule is N#Cc1ccc(-n2c(O)c3n(c2=O)[C@H]2C[C@@H]3N(S(=O)(=O)CC(F)(F)F)C2)cc1C(F)(F)F. The van der Waals surface area contributed by atoms with Gasteiger partial charge < -0.3 is 5.11 Å². The van der Waals surface area contributed by atoms with Crippen LogP contribution in [0.1, 0.15) is 35.3 Å². The molecule has 2 aliphatic heterocycles. The molecule has 0 aliphatic carbocycles. The minimum absolute atomic E-state index is 0.0583. The maximum atomic E-state index is 13.3. The van der Waals surface area contributed by atoms with Crippen LogP contribution in [0.25, 0.3) is 5.69 Å². The van der Waals surface area contributed by atoms with Crippen LogP contribution >= 0.6 is 0 Å². The predicted octanol–water partition coefficient (Wildman–Crippen LogP) is 2.43. The van der Waals surface area contributed by atoms with Gasteiger partial charge in [0.25, 0.3) is 0 Å². The molecule has 15 heteroatoms. The van der Waals surface area contributed by atoms with Crippen LogP contribution in [0.15, 0.2) is 23.0 Å². The van der Waals surface area contributed by atoms with Crippen LogP contribution in [0, 0.1) is 11.3 Å². The van der Waals surface area contributed by atoms with Crippen LogP contribution in [0.2, 0.25) is 0 Å². The van der Waals surface area contributed by atoms with Gasteiger partial charge in [0.2, 0.25) is 15.9 Å². The maximum absolute atomic E-state index is 13.3. The van der Waals surface area contributed by atoms with E-state index in [9.17, 15) is 44.7 Å². The van der Waals surface area contributed by atoms with Gasteiger partial charge in [-0.05, 0) is 24.6 Å². The van der Waals surface area contributed by atoms with Crippen LogP contribution in [0.3, 0.4) is 0 Å². The summed E-state index contributed by atoms with van der Waals surface area (Å²) < 4.78 is 104. The summed E-state index contributed by atoms with van der Waals surface area (Å²) in [5.74, 6) is -3.01. The molecular formula is C17H12F6N4O4S. The summed E-state index contributed by atoms with van der Waals surface area (Å²) in [6.07, 6.45) is -10.0. The van der Waals surface area contributed by atoms with Gasteiger partial charge in [-0.25, -0.2) is 17.8 Å². The number of aromatic nitrogens is 2. The molecule has 0 radical (unpaired) electrons. The number of benzene rings is 1. The number of sulfonamides is 1. The Hall–Kier alpha value is -2.99. The first-order chi connectivity index (χ1) is 14.7. The van der Waals surface area contributed by atoms with Crippen molar-refractivity contribution in [2.45, 2.75) is 30.9 Å². The first-order valence-corrected chi connectivity index (χ1v) is 10.5. The quantitative estimate of drug-likeness (QED) is 0.677. The van der Waals surface area contributed by atoms with E-state index >= 15 is 0 Å². The van der Waals surface area contributed by atoms with Gasteiger partial charge in [-0.1, -0.05) is 0 Å². The number of aromatic hydroxyl groups is 1. The van der Waals surface area contributed by atoms with Crippen molar-refractivity contribution in [3.63, 3.8) is 0 Å². The second-order valence-electron chi connectivity index (χ2n) is 7.38. The van der Waals surface area contributed by atoms with E-state index in [0.29, 0.717) is 14.9 Å². The van der Waals surface area contributed by atoms with E-state index in [0.717, 1.165) is 16.7 Å². The Kier molecular flexibility index (Phi) is 4.69. The molecule has 32 heavy (non-hydrogen) atoms. The van der Waals surface area contributed by atoms with Crippen molar-refractivity contribution in [3.8, 4) is 17.6 Å². The van der Waals surface area contributed by atoms with Gasteiger partial charge in [0, 0.05) is 6.54 Å². The lowest BCUT2D eigenvalue weighted by atomic mass is 10.1. The van der Waals surface area contributed by atoms with E-state index in [4.69, 9.17) is 5.26 Å². The van der Waals surface area contributed by atoms with Crippen molar-refractivity contribution >= 4 is 10.0 Å². The van der Waals surface area contributed by atoms with Crippen LogP contribution in [0.4, 0.5) is 26.3 Å². The van der Waals surface area contributed by atoms with Crippen molar-refractivity contribution in [2.75, 3.05) is 12.3 Å². The molecule has 2 aromatic rings. The minimum atomic E-state index is -5.01. The zero-order valence-electron chi connectivity index (χ0n) is 15.6. The van der Waals surface area contributed by atoms with Gasteiger partial charge in [-0.15, -0.1) is 0 Å². The predicted molar refractivity (Wildman–Crippen MR) is 94.4 cm³/mol. The first-order valence-electron chi connectivity index (χ1n) is 8.90. The summed E-state index contributed by atoms with van der Waals surface area (Å²) in [7, 11) is -4.82. The fourth-order valence-corrected chi connectivity index (χ4v) is 5.79. The number of hydrogen-bond acceptors (Lipinski definition) is 5. The van der Waals surface area contributed by atoms with Gasteiger partial charge in [0.05, 0.1) is 35.0 Å². The molecule has 1 aromatic heterocycles. The molecule has 2 atom stereocenters. The standard InChI is InChI=1S/C17H12F6N4O4S/c18-16(19,20)7-32(30,31)25-6-10-4-12(25)13-14(28)27(15(29)26(10)13)9-2-1-8(5-24)11(3-9)17(21,22)23/h1-3,10,12,28H,4,6-7H2/t10-,12-/m0/s1. The molecule has 1 N–H and O–H groups in total. The number of hydrogen-bond donors (Lipinski definition) is 1. The van der Waals surface area contributed by atoms with Crippen molar-refractivity contribution in [2.24, 2.45) is 0 Å². The molecule has 2 bridgehead atoms. The van der Waals surface area contributed by atoms with E-state index in [1.807, 2.05) is 0 Å². The molecule has 0 unspecified atom stereocenters. The molecular weight excluding hydrogens is 470 g/mol. The highest BCUT2D eigenvalue weighted by Crippen LogP contribution is 2.50. The third kappa shape index (κ3) is 3.34. The van der Waals surface area contributed by atoms with Gasteiger partial charge in [0.15, 0.2) is 5.75 Å². The Morgan fingerprint density at radius 1 is 1.19 bits per heavy atom. The Labute approximate surface area is 175 Å². The third-order valence-electron chi connectivity index (χ3n) is 5.40. The van der Waals surface area contributed by atoms with E-state index in [2.05, 4.69) is 0 Å². The number of nitrogens with zero attached hydrogens (tertiary/aromatic N) is 4. The average molecular weight is 482 g/mol. The van der Waals surface area contributed by atoms with Gasteiger partial charge in [-0.3, -0.25) is 4.57 Å². The van der Waals surface area contributed by atoms with E-state index in [1.165, 1.54) is 6.07 Å². The highest BCUT2D eigenvalue weighted by atomic mass is 32.2. The Bertz CT molecular complexity index is 1320. The normalized spacial score (nSPS) is 21.0. The molecule has 1 fully saturated rings. The van der Waals surface area contributed by atoms with Crippen molar-refractivity contribution < 1.29 is 39.9 Å². The van der Waals surface area contributed by atoms with Gasteiger partial charge in [-0.2, -0.15) is 35.9 Å². The number of fused-ring (bicyclic) bond motifs is 5. The van der Waals surface area contributed by atoms with Crippen molar-refractivity contribution in [1.29, 1.82) is 5.26 Å². The number of imidazole rings is 1. The molecule has 1 aromatic carbocycles. The molecule has 8 nitrogen and oxygen atoms in total. The molecule has 4 rings (SSSR count). The fourth-order valence-electron chi connectivity index (χ4n) is 4.24. The number of rotatable bonds is 3. The van der Waals surface area contributed by atoms with Crippen LogP contribution in [0.5, 0.6) is 5.88 Å². The second kappa shape index (κ2) is 6.75. The highest BCUT2D eigenvalue weighted by Gasteiger charge is 2.53. The summed E-state index contributed by atoms with van der Waals surface area (Å²) in [5, 5.41) is 19.5. The summed E-state index contributed by atoms with van der Waals surface area (Å²) in [4.78, 5) is 12.8. The lowest BCUT2D eigenvalue weighted by Gasteiger charge is -2.27. The van der Waals surface area contributed by atoms with Crippen molar-refractivity contribution in [3.05, 3.63) is 45.5 Å². The van der Waals surface area contributed by atoms with Crippen LogP contribution in [-0.4, -0.2) is 45.4 Å². The van der Waals surface area contributed by atoms with E-state index < -0.39 is 75.1 Å². The summed E-state index contributed by atoms with van der Waals surface area (Å²) in [5.41, 5.74) is -3.78. The third-order valence-corrected chi connectivity index (χ3v) is 7.21. The molecule has 172 valence electrons. The molecule has 0 amide bonds. The van der Waals surface area contributed by atoms with E-state index in [-0.39, 0.29) is 12.1 Å². The topological polar surface area (TPSA) is 108 Å². The Morgan fingerprint density at radius 3 is 2.41 bits per heavy atom. The van der Waals surface area contributed by atoms with Gasteiger partial charge >= 0.3 is 18.0 Å². The fraction of sp³-hybridized carbons (Fsp3) is 0.412. The molecule has 0 saturated carbocycles. The zero-order chi connectivity index (χ0) is 23.8. The van der Waals surface area contributed by atoms with Crippen LogP contribution < -0.4 is 5.69 Å². The molecule has 1 saturated heterocycles. The number of nitriles is 1. The van der Waals surface area contributed by atoms with Gasteiger partial charge in [0.1, 0.15) is 5.69 Å². The van der Waals surface area contributed by atoms with Crippen molar-refractivity contribution in [1.82, 2.24) is 13.4 Å².